The summed E-state index contributed by atoms with van der Waals surface area (Å²) in [6.07, 6.45) is 7.23. The van der Waals surface area contributed by atoms with Crippen molar-refractivity contribution >= 4 is 30.2 Å². The Balaban J connectivity index is 1.98. The van der Waals surface area contributed by atoms with Crippen LogP contribution in [0.5, 0.6) is 0 Å². The van der Waals surface area contributed by atoms with E-state index < -0.39 is 0 Å². The van der Waals surface area contributed by atoms with Gasteiger partial charge in [0.25, 0.3) is 0 Å². The maximum absolute atomic E-state index is 2.29. The first-order valence-corrected chi connectivity index (χ1v) is 7.90. The SMILES string of the molecule is CCCCCCB1CSCCSC1. The van der Waals surface area contributed by atoms with Crippen molar-refractivity contribution in [3.63, 3.8) is 0 Å². The molecule has 0 atom stereocenters. The molecule has 1 aliphatic heterocycles. The van der Waals surface area contributed by atoms with E-state index in [0.29, 0.717) is 0 Å². The Labute approximate surface area is 92.1 Å². The van der Waals surface area contributed by atoms with Gasteiger partial charge in [-0.15, -0.1) is 0 Å². The molecule has 1 saturated heterocycles. The molecule has 13 heavy (non-hydrogen) atoms. The van der Waals surface area contributed by atoms with Gasteiger partial charge in [0.15, 0.2) is 6.71 Å². The van der Waals surface area contributed by atoms with E-state index in [9.17, 15) is 0 Å². The molecule has 0 aromatic heterocycles. The van der Waals surface area contributed by atoms with Gasteiger partial charge in [0.05, 0.1) is 0 Å². The van der Waals surface area contributed by atoms with Crippen molar-refractivity contribution in [3.05, 3.63) is 0 Å². The largest absolute Gasteiger partial charge is 0.169 e. The summed E-state index contributed by atoms with van der Waals surface area (Å²) in [5.41, 5.74) is 2.86. The molecule has 0 unspecified atom stereocenters. The van der Waals surface area contributed by atoms with Crippen molar-refractivity contribution in [2.24, 2.45) is 0 Å². The van der Waals surface area contributed by atoms with Gasteiger partial charge in [0.2, 0.25) is 0 Å². The fourth-order valence-electron chi connectivity index (χ4n) is 1.69. The summed E-state index contributed by atoms with van der Waals surface area (Å²) >= 11 is 4.33. The summed E-state index contributed by atoms with van der Waals surface area (Å²) < 4.78 is 0. The normalized spacial score (nSPS) is 18.7. The average molecular weight is 216 g/mol. The summed E-state index contributed by atoms with van der Waals surface area (Å²) in [7, 11) is 0. The van der Waals surface area contributed by atoms with E-state index in [1.165, 1.54) is 54.8 Å². The second-order valence-electron chi connectivity index (χ2n) is 3.87. The van der Waals surface area contributed by atoms with Gasteiger partial charge in [0, 0.05) is 11.5 Å². The Hall–Kier alpha value is 0.765. The van der Waals surface area contributed by atoms with Gasteiger partial charge in [-0.2, -0.15) is 23.5 Å². The predicted octanol–water partition coefficient (Wildman–Crippen LogP) is 3.62. The summed E-state index contributed by atoms with van der Waals surface area (Å²) in [4.78, 5) is 0. The number of hydrogen-bond donors (Lipinski definition) is 0. The van der Waals surface area contributed by atoms with Crippen LogP contribution in [0.4, 0.5) is 0 Å². The average Bonchev–Trinajstić information content (AvgIpc) is 2.41. The van der Waals surface area contributed by atoms with E-state index in [0.717, 1.165) is 6.71 Å². The molecule has 0 N–H and O–H groups in total. The van der Waals surface area contributed by atoms with Gasteiger partial charge in [0.1, 0.15) is 0 Å². The van der Waals surface area contributed by atoms with Crippen molar-refractivity contribution in [2.45, 2.75) is 38.9 Å². The maximum atomic E-state index is 2.29. The molecule has 0 aliphatic carbocycles. The van der Waals surface area contributed by atoms with E-state index in [2.05, 4.69) is 30.4 Å². The van der Waals surface area contributed by atoms with Gasteiger partial charge in [-0.25, -0.2) is 0 Å². The van der Waals surface area contributed by atoms with Crippen LogP contribution in [0.2, 0.25) is 6.32 Å². The lowest BCUT2D eigenvalue weighted by Crippen LogP contribution is -2.19. The highest BCUT2D eigenvalue weighted by molar-refractivity contribution is 8.06. The lowest BCUT2D eigenvalue weighted by Gasteiger charge is -2.08. The highest BCUT2D eigenvalue weighted by atomic mass is 32.2. The first-order chi connectivity index (χ1) is 6.43. The first kappa shape index (κ1) is 11.8. The zero-order chi connectivity index (χ0) is 9.36. The van der Waals surface area contributed by atoms with Gasteiger partial charge < -0.3 is 0 Å². The quantitative estimate of drug-likeness (QED) is 0.508. The third-order valence-corrected chi connectivity index (χ3v) is 5.20. The fraction of sp³-hybridized carbons (Fsp3) is 1.00. The van der Waals surface area contributed by atoms with E-state index in [-0.39, 0.29) is 0 Å². The van der Waals surface area contributed by atoms with Crippen LogP contribution in [0.1, 0.15) is 32.6 Å². The molecule has 0 radical (unpaired) electrons. The van der Waals surface area contributed by atoms with Crippen LogP contribution in [0, 0.1) is 0 Å². The Bertz CT molecular complexity index is 111. The molecule has 0 bridgehead atoms. The van der Waals surface area contributed by atoms with Crippen LogP contribution < -0.4 is 0 Å². The molecule has 0 aromatic carbocycles. The molecule has 1 heterocycles. The second kappa shape index (κ2) is 8.10. The van der Waals surface area contributed by atoms with Crippen LogP contribution >= 0.6 is 23.5 Å². The molecule has 0 aromatic rings. The highest BCUT2D eigenvalue weighted by Crippen LogP contribution is 2.19. The molecule has 76 valence electrons. The van der Waals surface area contributed by atoms with Crippen molar-refractivity contribution in [1.82, 2.24) is 0 Å². The van der Waals surface area contributed by atoms with Crippen LogP contribution in [0.25, 0.3) is 0 Å². The standard InChI is InChI=1S/C10H21BS2/c1-2-3-4-5-6-11-9-12-7-8-13-10-11/h2-10H2,1H3. The van der Waals surface area contributed by atoms with Crippen LogP contribution in [-0.2, 0) is 0 Å². The highest BCUT2D eigenvalue weighted by Gasteiger charge is 2.15. The topological polar surface area (TPSA) is 0 Å². The van der Waals surface area contributed by atoms with Crippen molar-refractivity contribution in [3.8, 4) is 0 Å². The zero-order valence-corrected chi connectivity index (χ0v) is 10.4. The molecule has 0 nitrogen and oxygen atoms in total. The number of thioether (sulfide) groups is 2. The van der Waals surface area contributed by atoms with Crippen molar-refractivity contribution in [2.75, 3.05) is 22.8 Å². The van der Waals surface area contributed by atoms with Crippen molar-refractivity contribution < 1.29 is 0 Å². The molecule has 0 amide bonds. The van der Waals surface area contributed by atoms with Gasteiger partial charge in [-0.1, -0.05) is 38.9 Å². The third kappa shape index (κ3) is 5.95. The second-order valence-corrected chi connectivity index (χ2v) is 6.16. The molecular weight excluding hydrogens is 195 g/mol. The minimum absolute atomic E-state index is 1.02. The molecule has 1 aliphatic rings. The third-order valence-electron chi connectivity index (χ3n) is 2.55. The Kier molecular flexibility index (Phi) is 7.38. The lowest BCUT2D eigenvalue weighted by molar-refractivity contribution is 0.699. The summed E-state index contributed by atoms with van der Waals surface area (Å²) in [6.45, 7) is 3.31. The Morgan fingerprint density at radius 1 is 1.00 bits per heavy atom. The van der Waals surface area contributed by atoms with Gasteiger partial charge in [-0.05, 0) is 11.3 Å². The number of rotatable bonds is 5. The zero-order valence-electron chi connectivity index (χ0n) is 8.76. The maximum Gasteiger partial charge on any atom is 0.162 e. The van der Waals surface area contributed by atoms with Crippen LogP contribution in [0.3, 0.4) is 0 Å². The lowest BCUT2D eigenvalue weighted by atomic mass is 9.50. The minimum atomic E-state index is 1.02. The van der Waals surface area contributed by atoms with Crippen molar-refractivity contribution in [1.29, 1.82) is 0 Å². The Morgan fingerprint density at radius 3 is 2.31 bits per heavy atom. The van der Waals surface area contributed by atoms with E-state index >= 15 is 0 Å². The minimum Gasteiger partial charge on any atom is -0.169 e. The Morgan fingerprint density at radius 2 is 1.69 bits per heavy atom. The molecule has 1 rings (SSSR count). The first-order valence-electron chi connectivity index (χ1n) is 5.59. The van der Waals surface area contributed by atoms with E-state index in [1.54, 1.807) is 0 Å². The fourth-order valence-corrected chi connectivity index (χ4v) is 4.35. The molecule has 3 heteroatoms. The van der Waals surface area contributed by atoms with E-state index in [1.807, 2.05) is 0 Å². The number of hydrogen-bond acceptors (Lipinski definition) is 2. The molecular formula is C10H21BS2. The van der Waals surface area contributed by atoms with E-state index in [4.69, 9.17) is 0 Å². The smallest absolute Gasteiger partial charge is 0.162 e. The molecule has 1 fully saturated rings. The molecule has 0 spiro atoms. The van der Waals surface area contributed by atoms with Crippen LogP contribution in [0.15, 0.2) is 0 Å². The van der Waals surface area contributed by atoms with Gasteiger partial charge >= 0.3 is 0 Å². The number of unbranched alkanes of at least 4 members (excludes halogenated alkanes) is 3. The summed E-state index contributed by atoms with van der Waals surface area (Å²) in [5.74, 6) is 2.77. The summed E-state index contributed by atoms with van der Waals surface area (Å²) in [5, 5.41) is 0. The predicted molar refractivity (Wildman–Crippen MR) is 69.4 cm³/mol. The van der Waals surface area contributed by atoms with Gasteiger partial charge in [-0.3, -0.25) is 0 Å². The van der Waals surface area contributed by atoms with Crippen LogP contribution in [-0.4, -0.2) is 29.5 Å². The summed E-state index contributed by atoms with van der Waals surface area (Å²) in [6, 6.07) is 0. The monoisotopic (exact) mass is 216 g/mol. The molecule has 0 saturated carbocycles.